The number of nitro groups is 1. The largest absolute Gasteiger partial charge is 0.334 e. The summed E-state index contributed by atoms with van der Waals surface area (Å²) < 4.78 is 13.1. The summed E-state index contributed by atoms with van der Waals surface area (Å²) in [4.78, 5) is 27.1. The lowest BCUT2D eigenvalue weighted by Crippen LogP contribution is -2.57. The number of amides is 1. The van der Waals surface area contributed by atoms with Gasteiger partial charge in [0.1, 0.15) is 5.82 Å². The quantitative estimate of drug-likeness (QED) is 0.436. The van der Waals surface area contributed by atoms with Gasteiger partial charge in [-0.2, -0.15) is 0 Å². The molecule has 1 heterocycles. The molecule has 29 heavy (non-hydrogen) atoms. The van der Waals surface area contributed by atoms with E-state index in [9.17, 15) is 19.3 Å². The summed E-state index contributed by atoms with van der Waals surface area (Å²) in [5.41, 5.74) is 1.80. The smallest absolute Gasteiger partial charge is 0.269 e. The van der Waals surface area contributed by atoms with Crippen molar-refractivity contribution < 1.29 is 14.1 Å². The summed E-state index contributed by atoms with van der Waals surface area (Å²) in [7, 11) is 0. The van der Waals surface area contributed by atoms with Crippen molar-refractivity contribution in [2.24, 2.45) is 0 Å². The third-order valence-electron chi connectivity index (χ3n) is 5.22. The predicted octanol–water partition coefficient (Wildman–Crippen LogP) is 3.87. The molecule has 1 fully saturated rings. The van der Waals surface area contributed by atoms with Crippen molar-refractivity contribution in [2.75, 3.05) is 13.1 Å². The number of rotatable bonds is 5. The topological polar surface area (TPSA) is 66.7 Å². The van der Waals surface area contributed by atoms with Gasteiger partial charge in [0.05, 0.1) is 4.92 Å². The van der Waals surface area contributed by atoms with E-state index in [1.54, 1.807) is 30.3 Å². The third-order valence-corrected chi connectivity index (χ3v) is 5.22. The summed E-state index contributed by atoms with van der Waals surface area (Å²) in [6.07, 6.45) is 3.19. The molecule has 0 aromatic heterocycles. The van der Waals surface area contributed by atoms with Crippen LogP contribution in [0.15, 0.2) is 54.6 Å². The molecule has 0 bridgehead atoms. The first-order valence-corrected chi connectivity index (χ1v) is 9.55. The van der Waals surface area contributed by atoms with Crippen LogP contribution in [0.25, 0.3) is 6.08 Å². The molecule has 2 atom stereocenters. The van der Waals surface area contributed by atoms with Crippen LogP contribution in [0.1, 0.15) is 25.0 Å². The van der Waals surface area contributed by atoms with Crippen LogP contribution < -0.4 is 0 Å². The van der Waals surface area contributed by atoms with E-state index < -0.39 is 4.92 Å². The lowest BCUT2D eigenvalue weighted by molar-refractivity contribution is -0.384. The zero-order valence-corrected chi connectivity index (χ0v) is 16.5. The fourth-order valence-electron chi connectivity index (χ4n) is 3.52. The molecule has 6 nitrogen and oxygen atoms in total. The number of piperazine rings is 1. The van der Waals surface area contributed by atoms with E-state index in [4.69, 9.17) is 0 Å². The molecule has 0 N–H and O–H groups in total. The van der Waals surface area contributed by atoms with Crippen LogP contribution >= 0.6 is 0 Å². The molecule has 0 spiro atoms. The Morgan fingerprint density at radius 3 is 2.38 bits per heavy atom. The van der Waals surface area contributed by atoms with Crippen molar-refractivity contribution in [3.8, 4) is 0 Å². The van der Waals surface area contributed by atoms with Crippen molar-refractivity contribution >= 4 is 17.7 Å². The zero-order valence-electron chi connectivity index (χ0n) is 16.5. The number of non-ortho nitro benzene ring substituents is 1. The van der Waals surface area contributed by atoms with Gasteiger partial charge >= 0.3 is 0 Å². The van der Waals surface area contributed by atoms with Gasteiger partial charge in [0.15, 0.2) is 0 Å². The summed E-state index contributed by atoms with van der Waals surface area (Å²) in [6.45, 7) is 6.14. The third kappa shape index (κ3) is 5.26. The highest BCUT2D eigenvalue weighted by atomic mass is 19.1. The van der Waals surface area contributed by atoms with Crippen molar-refractivity contribution in [2.45, 2.75) is 32.5 Å². The molecular weight excluding hydrogens is 373 g/mol. The number of carbonyl (C=O) groups is 1. The van der Waals surface area contributed by atoms with Crippen LogP contribution in [-0.4, -0.2) is 45.8 Å². The van der Waals surface area contributed by atoms with Gasteiger partial charge in [-0.15, -0.1) is 0 Å². The molecule has 1 aliphatic heterocycles. The Bertz CT molecular complexity index is 897. The molecule has 0 aliphatic carbocycles. The van der Waals surface area contributed by atoms with Crippen LogP contribution in [0, 0.1) is 15.9 Å². The van der Waals surface area contributed by atoms with E-state index in [1.165, 1.54) is 30.3 Å². The number of hydrogen-bond donors (Lipinski definition) is 0. The highest BCUT2D eigenvalue weighted by molar-refractivity contribution is 5.92. The molecule has 0 radical (unpaired) electrons. The van der Waals surface area contributed by atoms with Gasteiger partial charge in [-0.1, -0.05) is 12.1 Å². The molecule has 0 unspecified atom stereocenters. The number of benzene rings is 2. The van der Waals surface area contributed by atoms with Gasteiger partial charge in [-0.25, -0.2) is 4.39 Å². The second-order valence-corrected chi connectivity index (χ2v) is 7.43. The first kappa shape index (κ1) is 20.7. The van der Waals surface area contributed by atoms with E-state index >= 15 is 0 Å². The average Bonchev–Trinajstić information content (AvgIpc) is 2.70. The monoisotopic (exact) mass is 397 g/mol. The van der Waals surface area contributed by atoms with Gasteiger partial charge in [0.25, 0.3) is 5.69 Å². The summed E-state index contributed by atoms with van der Waals surface area (Å²) in [6, 6.07) is 12.8. The van der Waals surface area contributed by atoms with Crippen molar-refractivity contribution in [1.29, 1.82) is 0 Å². The Morgan fingerprint density at radius 2 is 1.76 bits per heavy atom. The molecule has 7 heteroatoms. The lowest BCUT2D eigenvalue weighted by Gasteiger charge is -2.44. The van der Waals surface area contributed by atoms with Crippen LogP contribution in [0.2, 0.25) is 0 Å². The average molecular weight is 397 g/mol. The minimum atomic E-state index is -0.451. The van der Waals surface area contributed by atoms with E-state index in [0.717, 1.165) is 17.7 Å². The summed E-state index contributed by atoms with van der Waals surface area (Å²) in [5.74, 6) is -0.325. The first-order chi connectivity index (χ1) is 13.8. The van der Waals surface area contributed by atoms with Crippen molar-refractivity contribution in [3.05, 3.63) is 81.7 Å². The fourth-order valence-corrected chi connectivity index (χ4v) is 3.52. The maximum Gasteiger partial charge on any atom is 0.269 e. The second-order valence-electron chi connectivity index (χ2n) is 7.43. The first-order valence-electron chi connectivity index (χ1n) is 9.55. The van der Waals surface area contributed by atoms with Gasteiger partial charge < -0.3 is 4.90 Å². The minimum absolute atomic E-state index is 0.0215. The highest BCUT2D eigenvalue weighted by Gasteiger charge is 2.30. The van der Waals surface area contributed by atoms with E-state index in [-0.39, 0.29) is 29.5 Å². The SMILES string of the molecule is C[C@@H]1CN(C(=O)C=Cc2ccc([N+](=O)[O-])cc2)[C@@H](C)CN1Cc1ccc(F)cc1. The normalized spacial score (nSPS) is 20.2. The molecule has 3 rings (SSSR count). The van der Waals surface area contributed by atoms with Crippen LogP contribution in [0.5, 0.6) is 0 Å². The summed E-state index contributed by atoms with van der Waals surface area (Å²) in [5, 5.41) is 10.7. The summed E-state index contributed by atoms with van der Waals surface area (Å²) >= 11 is 0. The maximum atomic E-state index is 13.1. The van der Waals surface area contributed by atoms with Gasteiger partial charge in [-0.05, 0) is 55.3 Å². The standard InChI is InChI=1S/C22H24FN3O3/c1-16-14-25(17(2)13-24(16)15-19-3-8-20(23)9-4-19)22(27)12-7-18-5-10-21(11-6-18)26(28)29/h3-12,16-17H,13-15H2,1-2H3/t16-,17+/m1/s1. The Labute approximate surface area is 169 Å². The van der Waals surface area contributed by atoms with E-state index in [1.807, 2.05) is 11.8 Å². The Kier molecular flexibility index (Phi) is 6.39. The maximum absolute atomic E-state index is 13.1. The fraction of sp³-hybridized carbons (Fsp3) is 0.318. The number of carbonyl (C=O) groups excluding carboxylic acids is 1. The Balaban J connectivity index is 1.60. The molecule has 1 aliphatic rings. The zero-order chi connectivity index (χ0) is 21.0. The number of halogens is 1. The van der Waals surface area contributed by atoms with Gasteiger partial charge in [-0.3, -0.25) is 19.8 Å². The number of nitro benzene ring substituents is 1. The van der Waals surface area contributed by atoms with Crippen molar-refractivity contribution in [3.63, 3.8) is 0 Å². The molecule has 152 valence electrons. The molecule has 2 aromatic carbocycles. The number of nitrogens with zero attached hydrogens (tertiary/aromatic N) is 3. The number of hydrogen-bond acceptors (Lipinski definition) is 4. The second kappa shape index (κ2) is 8.96. The molecule has 0 saturated carbocycles. The van der Waals surface area contributed by atoms with Gasteiger partial charge in [0.2, 0.25) is 5.91 Å². The lowest BCUT2D eigenvalue weighted by atomic mass is 10.1. The van der Waals surface area contributed by atoms with Crippen LogP contribution in [0.4, 0.5) is 10.1 Å². The Hall–Kier alpha value is -3.06. The van der Waals surface area contributed by atoms with E-state index in [0.29, 0.717) is 13.1 Å². The van der Waals surface area contributed by atoms with Crippen LogP contribution in [-0.2, 0) is 11.3 Å². The molecule has 1 amide bonds. The van der Waals surface area contributed by atoms with Crippen LogP contribution in [0.3, 0.4) is 0 Å². The minimum Gasteiger partial charge on any atom is -0.334 e. The van der Waals surface area contributed by atoms with E-state index in [2.05, 4.69) is 11.8 Å². The highest BCUT2D eigenvalue weighted by Crippen LogP contribution is 2.19. The predicted molar refractivity (Wildman–Crippen MR) is 110 cm³/mol. The van der Waals surface area contributed by atoms with Crippen molar-refractivity contribution in [1.82, 2.24) is 9.80 Å². The molecule has 1 saturated heterocycles. The molecule has 2 aromatic rings. The molecular formula is C22H24FN3O3. The Morgan fingerprint density at radius 1 is 1.10 bits per heavy atom. The van der Waals surface area contributed by atoms with Gasteiger partial charge in [0, 0.05) is 49.9 Å².